The number of hydrogen-bond donors (Lipinski definition) is 0. The fourth-order valence-electron chi connectivity index (χ4n) is 2.43. The quantitative estimate of drug-likeness (QED) is 0.689. The summed E-state index contributed by atoms with van der Waals surface area (Å²) in [4.78, 5) is 12.8. The van der Waals surface area contributed by atoms with Crippen molar-refractivity contribution in [1.29, 1.82) is 0 Å². The van der Waals surface area contributed by atoms with Crippen LogP contribution in [0.25, 0.3) is 0 Å². The Morgan fingerprint density at radius 1 is 0.920 bits per heavy atom. The number of rotatable bonds is 7. The Morgan fingerprint density at radius 3 is 2.00 bits per heavy atom. The molecule has 0 N–H and O–H groups in total. The van der Waals surface area contributed by atoms with Gasteiger partial charge in [-0.1, -0.05) is 48.0 Å². The van der Waals surface area contributed by atoms with Crippen LogP contribution in [0.4, 0.5) is 0 Å². The van der Waals surface area contributed by atoms with Crippen LogP contribution in [0.1, 0.15) is 22.3 Å². The lowest BCUT2D eigenvalue weighted by molar-refractivity contribution is 0.0985. The predicted octanol–water partition coefficient (Wildman–Crippen LogP) is 2.45. The Bertz CT molecular complexity index is 944. The van der Waals surface area contributed by atoms with E-state index in [-0.39, 0.29) is 22.6 Å². The zero-order valence-corrected chi connectivity index (χ0v) is 15.7. The van der Waals surface area contributed by atoms with Crippen molar-refractivity contribution in [2.24, 2.45) is 0 Å². The number of aryl methyl sites for hydroxylation is 1. The first kappa shape index (κ1) is 19.3. The number of sulfone groups is 2. The van der Waals surface area contributed by atoms with Crippen molar-refractivity contribution in [1.82, 2.24) is 0 Å². The molecular formula is C18H20O5S2. The van der Waals surface area contributed by atoms with Crippen LogP contribution in [0.5, 0.6) is 0 Å². The summed E-state index contributed by atoms with van der Waals surface area (Å²) < 4.78 is 48.9. The topological polar surface area (TPSA) is 85.3 Å². The molecule has 1 atom stereocenters. The third-order valence-corrected chi connectivity index (χ3v) is 6.93. The third kappa shape index (κ3) is 4.99. The van der Waals surface area contributed by atoms with Crippen LogP contribution in [0, 0.1) is 6.92 Å². The van der Waals surface area contributed by atoms with Crippen molar-refractivity contribution in [2.45, 2.75) is 23.5 Å². The van der Waals surface area contributed by atoms with E-state index in [9.17, 15) is 21.6 Å². The minimum absolute atomic E-state index is 0.0147. The van der Waals surface area contributed by atoms with Crippen molar-refractivity contribution >= 4 is 25.5 Å². The van der Waals surface area contributed by atoms with Crippen molar-refractivity contribution in [3.8, 4) is 0 Å². The van der Waals surface area contributed by atoms with E-state index in [1.54, 1.807) is 30.3 Å². The van der Waals surface area contributed by atoms with Gasteiger partial charge in [-0.15, -0.1) is 0 Å². The summed E-state index contributed by atoms with van der Waals surface area (Å²) in [6.45, 7) is 1.83. The normalized spacial score (nSPS) is 13.4. The predicted molar refractivity (Wildman–Crippen MR) is 97.3 cm³/mol. The molecule has 0 aliphatic rings. The number of carbonyl (C=O) groups is 1. The highest BCUT2D eigenvalue weighted by molar-refractivity contribution is 7.93. The molecule has 5 nitrogen and oxygen atoms in total. The minimum Gasteiger partial charge on any atom is -0.293 e. The number of Topliss-reactive ketones (excluding diaryl/α,β-unsaturated/α-hetero) is 1. The molecule has 0 aromatic heterocycles. The van der Waals surface area contributed by atoms with Gasteiger partial charge in [0.25, 0.3) is 0 Å². The average molecular weight is 380 g/mol. The van der Waals surface area contributed by atoms with E-state index in [1.807, 2.05) is 6.92 Å². The summed E-state index contributed by atoms with van der Waals surface area (Å²) in [5, 5.41) is -1.44. The van der Waals surface area contributed by atoms with Crippen LogP contribution in [-0.2, 0) is 19.7 Å². The summed E-state index contributed by atoms with van der Waals surface area (Å²) in [5.41, 5.74) is 1.14. The van der Waals surface area contributed by atoms with Crippen LogP contribution in [0.2, 0.25) is 0 Å². The monoisotopic (exact) mass is 380 g/mol. The van der Waals surface area contributed by atoms with Gasteiger partial charge in [0.15, 0.2) is 15.6 Å². The van der Waals surface area contributed by atoms with Crippen LogP contribution in [0.15, 0.2) is 59.5 Å². The Kier molecular flexibility index (Phi) is 5.80. The summed E-state index contributed by atoms with van der Waals surface area (Å²) in [6.07, 6.45) is 0.748. The molecule has 1 unspecified atom stereocenters. The highest BCUT2D eigenvalue weighted by Crippen LogP contribution is 2.23. The molecule has 0 spiro atoms. The molecule has 0 saturated heterocycles. The highest BCUT2D eigenvalue weighted by Gasteiger charge is 2.35. The standard InChI is InChI=1S/C18H20O5S2/c1-14-8-10-16(11-9-14)25(22,23)17(12-13-24(2,20)21)18(19)15-6-4-3-5-7-15/h3-11,17H,12-13H2,1-2H3. The van der Waals surface area contributed by atoms with Gasteiger partial charge < -0.3 is 0 Å². The van der Waals surface area contributed by atoms with Gasteiger partial charge in [-0.05, 0) is 25.5 Å². The second-order valence-electron chi connectivity index (χ2n) is 6.00. The summed E-state index contributed by atoms with van der Waals surface area (Å²) in [6, 6.07) is 14.2. The molecule has 0 aliphatic heterocycles. The Morgan fingerprint density at radius 2 is 1.48 bits per heavy atom. The molecule has 0 saturated carbocycles. The molecule has 0 aliphatic carbocycles. The van der Waals surface area contributed by atoms with Gasteiger partial charge in [-0.2, -0.15) is 0 Å². The molecule has 2 rings (SSSR count). The second-order valence-corrected chi connectivity index (χ2v) is 10.4. The minimum atomic E-state index is -4.00. The second kappa shape index (κ2) is 7.49. The molecule has 0 amide bonds. The zero-order valence-electron chi connectivity index (χ0n) is 14.0. The Balaban J connectivity index is 2.46. The Labute approximate surface area is 148 Å². The third-order valence-electron chi connectivity index (χ3n) is 3.83. The van der Waals surface area contributed by atoms with Crippen LogP contribution >= 0.6 is 0 Å². The van der Waals surface area contributed by atoms with Crippen LogP contribution in [-0.4, -0.2) is 39.9 Å². The maximum atomic E-state index is 13.0. The first-order valence-corrected chi connectivity index (χ1v) is 11.3. The lowest BCUT2D eigenvalue weighted by Crippen LogP contribution is -2.32. The van der Waals surface area contributed by atoms with Gasteiger partial charge in [0.05, 0.1) is 10.6 Å². The fraction of sp³-hybridized carbons (Fsp3) is 0.278. The van der Waals surface area contributed by atoms with E-state index in [0.717, 1.165) is 11.8 Å². The molecule has 0 fully saturated rings. The molecule has 0 radical (unpaired) electrons. The van der Waals surface area contributed by atoms with E-state index in [0.29, 0.717) is 0 Å². The molecule has 0 heterocycles. The molecule has 2 aromatic carbocycles. The highest BCUT2D eigenvalue weighted by atomic mass is 32.2. The summed E-state index contributed by atoms with van der Waals surface area (Å²) in [7, 11) is -7.40. The number of carbonyl (C=O) groups excluding carboxylic acids is 1. The van der Waals surface area contributed by atoms with Gasteiger partial charge in [-0.3, -0.25) is 4.79 Å². The van der Waals surface area contributed by atoms with Crippen molar-refractivity contribution in [3.63, 3.8) is 0 Å². The van der Waals surface area contributed by atoms with Crippen LogP contribution in [0.3, 0.4) is 0 Å². The zero-order chi connectivity index (χ0) is 18.7. The summed E-state index contributed by atoms with van der Waals surface area (Å²) in [5.74, 6) is -0.966. The van der Waals surface area contributed by atoms with Crippen LogP contribution < -0.4 is 0 Å². The summed E-state index contributed by atoms with van der Waals surface area (Å²) >= 11 is 0. The maximum absolute atomic E-state index is 13.0. The Hall–Kier alpha value is -1.99. The molecule has 134 valence electrons. The first-order valence-electron chi connectivity index (χ1n) is 7.69. The van der Waals surface area contributed by atoms with E-state index in [2.05, 4.69) is 0 Å². The van der Waals surface area contributed by atoms with Gasteiger partial charge in [0.1, 0.15) is 15.1 Å². The molecule has 7 heteroatoms. The van der Waals surface area contributed by atoms with Gasteiger partial charge in [0, 0.05) is 11.8 Å². The fourth-order valence-corrected chi connectivity index (χ4v) is 4.93. The van der Waals surface area contributed by atoms with Gasteiger partial charge in [0.2, 0.25) is 0 Å². The van der Waals surface area contributed by atoms with Crippen molar-refractivity contribution in [3.05, 3.63) is 65.7 Å². The van der Waals surface area contributed by atoms with Gasteiger partial charge >= 0.3 is 0 Å². The largest absolute Gasteiger partial charge is 0.293 e. The van der Waals surface area contributed by atoms with E-state index < -0.39 is 30.7 Å². The smallest absolute Gasteiger partial charge is 0.188 e. The molecule has 2 aromatic rings. The number of hydrogen-bond acceptors (Lipinski definition) is 5. The van der Waals surface area contributed by atoms with E-state index in [4.69, 9.17) is 0 Å². The maximum Gasteiger partial charge on any atom is 0.188 e. The lowest BCUT2D eigenvalue weighted by Gasteiger charge is -2.17. The number of ketones is 1. The first-order chi connectivity index (χ1) is 11.6. The SMILES string of the molecule is Cc1ccc(S(=O)(=O)C(CCS(C)(=O)=O)C(=O)c2ccccc2)cc1. The van der Waals surface area contributed by atoms with Crippen molar-refractivity contribution < 1.29 is 21.6 Å². The molecule has 25 heavy (non-hydrogen) atoms. The molecular weight excluding hydrogens is 360 g/mol. The lowest BCUT2D eigenvalue weighted by atomic mass is 10.1. The van der Waals surface area contributed by atoms with E-state index in [1.165, 1.54) is 24.3 Å². The number of benzene rings is 2. The average Bonchev–Trinajstić information content (AvgIpc) is 2.54. The van der Waals surface area contributed by atoms with E-state index >= 15 is 0 Å². The van der Waals surface area contributed by atoms with Crippen molar-refractivity contribution in [2.75, 3.05) is 12.0 Å². The van der Waals surface area contributed by atoms with Gasteiger partial charge in [-0.25, -0.2) is 16.8 Å². The molecule has 0 bridgehead atoms.